The second-order valence-corrected chi connectivity index (χ2v) is 9.00. The number of halogens is 2. The Morgan fingerprint density at radius 1 is 1.00 bits per heavy atom. The third-order valence-electron chi connectivity index (χ3n) is 6.76. The van der Waals surface area contributed by atoms with E-state index in [-0.39, 0.29) is 23.5 Å². The minimum Gasteiger partial charge on any atom is -0.365 e. The van der Waals surface area contributed by atoms with Gasteiger partial charge >= 0.3 is 0 Å². The third-order valence-corrected chi connectivity index (χ3v) is 6.76. The molecule has 1 fully saturated rings. The molecule has 2 atom stereocenters. The number of nitrogens with one attached hydrogen (secondary N) is 1. The van der Waals surface area contributed by atoms with Crippen LogP contribution in [0, 0.1) is 27.7 Å². The predicted octanol–water partition coefficient (Wildman–Crippen LogP) is 4.37. The van der Waals surface area contributed by atoms with E-state index in [1.807, 2.05) is 0 Å². The highest BCUT2D eigenvalue weighted by Gasteiger charge is 2.42. The maximum Gasteiger partial charge on any atom is 0.269 e. The van der Waals surface area contributed by atoms with E-state index in [9.17, 15) is 23.7 Å². The summed E-state index contributed by atoms with van der Waals surface area (Å²) in [6.45, 7) is 2.62. The summed E-state index contributed by atoms with van der Waals surface area (Å²) >= 11 is 0. The summed E-state index contributed by atoms with van der Waals surface area (Å²) in [5.74, 6) is -1.36. The highest BCUT2D eigenvalue weighted by atomic mass is 19.1. The van der Waals surface area contributed by atoms with Crippen molar-refractivity contribution in [2.24, 2.45) is 5.92 Å². The number of piperazine rings is 1. The molecular weight excluding hydrogens is 454 g/mol. The zero-order valence-electron chi connectivity index (χ0n) is 18.9. The molecule has 0 bridgehead atoms. The van der Waals surface area contributed by atoms with Gasteiger partial charge in [0.15, 0.2) is 0 Å². The van der Waals surface area contributed by atoms with Gasteiger partial charge in [0.2, 0.25) is 5.91 Å². The van der Waals surface area contributed by atoms with E-state index in [1.54, 1.807) is 24.3 Å². The first-order valence-corrected chi connectivity index (χ1v) is 11.4. The van der Waals surface area contributed by atoms with Crippen molar-refractivity contribution in [3.63, 3.8) is 0 Å². The van der Waals surface area contributed by atoms with E-state index >= 15 is 0 Å². The van der Waals surface area contributed by atoms with Gasteiger partial charge in [-0.1, -0.05) is 12.1 Å². The number of anilines is 2. The van der Waals surface area contributed by atoms with Gasteiger partial charge < -0.3 is 10.2 Å². The van der Waals surface area contributed by atoms with E-state index in [4.69, 9.17) is 0 Å². The van der Waals surface area contributed by atoms with Crippen LogP contribution >= 0.6 is 0 Å². The molecule has 1 amide bonds. The van der Waals surface area contributed by atoms with Crippen molar-refractivity contribution in [3.8, 4) is 0 Å². The second kappa shape index (κ2) is 9.42. The molecule has 0 saturated carbocycles. The smallest absolute Gasteiger partial charge is 0.269 e. The number of benzene rings is 3. The number of fused-ring (bicyclic) bond motifs is 3. The second-order valence-electron chi connectivity index (χ2n) is 9.00. The van der Waals surface area contributed by atoms with Crippen molar-refractivity contribution in [2.75, 3.05) is 29.9 Å². The SMILES string of the molecule is O=C(Nc1ccc(F)cc1)C1Cc2cc([N+](=O)[O-])ccc2N2CCN(Cc3ccc(F)cc3)CC12. The number of hydrogen-bond donors (Lipinski definition) is 1. The van der Waals surface area contributed by atoms with Crippen molar-refractivity contribution in [3.05, 3.63) is 99.6 Å². The lowest BCUT2D eigenvalue weighted by Gasteiger charge is -2.49. The normalized spacial score (nSPS) is 19.5. The first-order chi connectivity index (χ1) is 16.9. The lowest BCUT2D eigenvalue weighted by molar-refractivity contribution is -0.384. The van der Waals surface area contributed by atoms with Gasteiger partial charge in [-0.15, -0.1) is 0 Å². The first kappa shape index (κ1) is 22.9. The fourth-order valence-electron chi connectivity index (χ4n) is 5.04. The number of nitrogens with zero attached hydrogens (tertiary/aromatic N) is 3. The lowest BCUT2D eigenvalue weighted by atomic mass is 9.83. The molecule has 0 spiro atoms. The summed E-state index contributed by atoms with van der Waals surface area (Å²) in [6.07, 6.45) is 0.357. The highest BCUT2D eigenvalue weighted by molar-refractivity contribution is 5.94. The molecule has 7 nitrogen and oxygen atoms in total. The van der Waals surface area contributed by atoms with Gasteiger partial charge in [0, 0.05) is 49.7 Å². The van der Waals surface area contributed by atoms with Gasteiger partial charge in [-0.3, -0.25) is 19.8 Å². The zero-order chi connectivity index (χ0) is 24.5. The number of carbonyl (C=O) groups excluding carboxylic acids is 1. The Bertz CT molecular complexity index is 1250. The Morgan fingerprint density at radius 2 is 1.69 bits per heavy atom. The Hall–Kier alpha value is -3.85. The van der Waals surface area contributed by atoms with E-state index in [2.05, 4.69) is 15.1 Å². The summed E-state index contributed by atoms with van der Waals surface area (Å²) in [6, 6.07) is 16.6. The molecule has 2 heterocycles. The largest absolute Gasteiger partial charge is 0.365 e. The van der Waals surface area contributed by atoms with Crippen molar-refractivity contribution in [1.29, 1.82) is 0 Å². The number of rotatable bonds is 5. The Balaban J connectivity index is 1.42. The van der Waals surface area contributed by atoms with Crippen LogP contribution in [0.4, 0.5) is 25.8 Å². The molecule has 1 N–H and O–H groups in total. The first-order valence-electron chi connectivity index (χ1n) is 11.4. The molecule has 2 aliphatic rings. The van der Waals surface area contributed by atoms with Crippen LogP contribution in [0.3, 0.4) is 0 Å². The molecule has 3 aromatic rings. The van der Waals surface area contributed by atoms with Crippen LogP contribution in [0.5, 0.6) is 0 Å². The average Bonchev–Trinajstić information content (AvgIpc) is 2.85. The van der Waals surface area contributed by atoms with Crippen molar-refractivity contribution >= 4 is 23.0 Å². The summed E-state index contributed by atoms with van der Waals surface area (Å²) < 4.78 is 26.6. The molecule has 35 heavy (non-hydrogen) atoms. The standard InChI is InChI=1S/C26H24F2N4O3/c27-19-3-1-17(2-4-19)15-30-11-12-31-24-10-9-22(32(34)35)13-18(24)14-23(25(31)16-30)26(33)29-21-7-5-20(28)6-8-21/h1-10,13,23,25H,11-12,14-16H2,(H,29,33). The maximum absolute atomic E-state index is 13.4. The van der Waals surface area contributed by atoms with E-state index in [0.29, 0.717) is 31.7 Å². The topological polar surface area (TPSA) is 78.7 Å². The number of amides is 1. The van der Waals surface area contributed by atoms with Crippen LogP contribution in [-0.2, 0) is 17.8 Å². The van der Waals surface area contributed by atoms with Gasteiger partial charge in [0.1, 0.15) is 11.6 Å². The number of non-ortho nitro benzene ring substituents is 1. The predicted molar refractivity (Wildman–Crippen MR) is 128 cm³/mol. The fourth-order valence-corrected chi connectivity index (χ4v) is 5.04. The molecule has 2 unspecified atom stereocenters. The van der Waals surface area contributed by atoms with Crippen LogP contribution in [-0.4, -0.2) is 41.4 Å². The summed E-state index contributed by atoms with van der Waals surface area (Å²) in [4.78, 5) is 28.7. The molecule has 0 aromatic heterocycles. The van der Waals surface area contributed by atoms with Crippen molar-refractivity contribution in [1.82, 2.24) is 4.90 Å². The maximum atomic E-state index is 13.4. The zero-order valence-corrected chi connectivity index (χ0v) is 18.9. The van der Waals surface area contributed by atoms with Gasteiger partial charge in [-0.25, -0.2) is 8.78 Å². The van der Waals surface area contributed by atoms with Crippen molar-refractivity contribution in [2.45, 2.75) is 19.0 Å². The molecule has 3 aromatic carbocycles. The summed E-state index contributed by atoms with van der Waals surface area (Å²) in [5.41, 5.74) is 3.15. The number of nitro groups is 1. The van der Waals surface area contributed by atoms with Crippen LogP contribution in [0.2, 0.25) is 0 Å². The lowest BCUT2D eigenvalue weighted by Crippen LogP contribution is -2.60. The van der Waals surface area contributed by atoms with Crippen LogP contribution in [0.1, 0.15) is 11.1 Å². The number of nitro benzene ring substituents is 1. The molecule has 180 valence electrons. The molecule has 0 radical (unpaired) electrons. The average molecular weight is 478 g/mol. The molecule has 1 saturated heterocycles. The van der Waals surface area contributed by atoms with Crippen LogP contribution < -0.4 is 10.2 Å². The molecule has 9 heteroatoms. The van der Waals surface area contributed by atoms with Gasteiger partial charge in [0.05, 0.1) is 16.9 Å². The van der Waals surface area contributed by atoms with Gasteiger partial charge in [-0.05, 0) is 60.0 Å². The van der Waals surface area contributed by atoms with E-state index in [1.165, 1.54) is 42.5 Å². The van der Waals surface area contributed by atoms with Crippen LogP contribution in [0.25, 0.3) is 0 Å². The minimum absolute atomic E-state index is 0.00478. The quantitative estimate of drug-likeness (QED) is 0.435. The molecule has 5 rings (SSSR count). The monoisotopic (exact) mass is 478 g/mol. The summed E-state index contributed by atoms with van der Waals surface area (Å²) in [5, 5.41) is 14.2. The fraction of sp³-hybridized carbons (Fsp3) is 0.269. The molecular formula is C26H24F2N4O3. The molecule has 0 aliphatic carbocycles. The Morgan fingerprint density at radius 3 is 2.37 bits per heavy atom. The van der Waals surface area contributed by atoms with Crippen molar-refractivity contribution < 1.29 is 18.5 Å². The van der Waals surface area contributed by atoms with Gasteiger partial charge in [0.25, 0.3) is 5.69 Å². The Kier molecular flexibility index (Phi) is 6.17. The third kappa shape index (κ3) is 4.85. The van der Waals surface area contributed by atoms with Crippen LogP contribution in [0.15, 0.2) is 66.7 Å². The van der Waals surface area contributed by atoms with E-state index in [0.717, 1.165) is 23.4 Å². The molecule has 2 aliphatic heterocycles. The minimum atomic E-state index is -0.467. The summed E-state index contributed by atoms with van der Waals surface area (Å²) in [7, 11) is 0. The van der Waals surface area contributed by atoms with Gasteiger partial charge in [-0.2, -0.15) is 0 Å². The van der Waals surface area contributed by atoms with E-state index < -0.39 is 16.7 Å². The number of hydrogen-bond acceptors (Lipinski definition) is 5. The highest BCUT2D eigenvalue weighted by Crippen LogP contribution is 2.38. The Labute approximate surface area is 201 Å². The number of carbonyl (C=O) groups is 1.